The molecule has 0 bridgehead atoms. The maximum atomic E-state index is 14.3. The van der Waals surface area contributed by atoms with Crippen molar-refractivity contribution >= 4 is 50.9 Å². The van der Waals surface area contributed by atoms with Crippen LogP contribution in [0.2, 0.25) is 10.0 Å². The first kappa shape index (κ1) is 31.9. The first-order valence-corrected chi connectivity index (χ1v) is 16.6. The van der Waals surface area contributed by atoms with Crippen LogP contribution in [-0.2, 0) is 26.3 Å². The van der Waals surface area contributed by atoms with Crippen molar-refractivity contribution in [1.82, 2.24) is 20.1 Å². The van der Waals surface area contributed by atoms with E-state index >= 15 is 0 Å². The minimum atomic E-state index is -3.61. The minimum absolute atomic E-state index is 0.0509. The second-order valence-electron chi connectivity index (χ2n) is 10.9. The van der Waals surface area contributed by atoms with E-state index in [1.54, 1.807) is 53.4 Å². The lowest BCUT2D eigenvalue weighted by Gasteiger charge is -2.49. The Bertz CT molecular complexity index is 1700. The molecule has 5 rings (SSSR count). The maximum absolute atomic E-state index is 14.3. The van der Waals surface area contributed by atoms with Crippen LogP contribution < -0.4 is 15.9 Å². The van der Waals surface area contributed by atoms with Crippen molar-refractivity contribution in [2.24, 2.45) is 5.73 Å². The largest absolute Gasteiger partial charge is 0.364 e. The summed E-state index contributed by atoms with van der Waals surface area (Å²) in [4.78, 5) is 51.2. The van der Waals surface area contributed by atoms with E-state index in [1.807, 2.05) is 0 Å². The fourth-order valence-electron chi connectivity index (χ4n) is 6.07. The predicted molar refractivity (Wildman–Crippen MR) is 164 cm³/mol. The van der Waals surface area contributed by atoms with Crippen molar-refractivity contribution in [2.45, 2.75) is 56.3 Å². The van der Waals surface area contributed by atoms with Crippen LogP contribution in [-0.4, -0.2) is 54.4 Å². The molecule has 2 heterocycles. The number of primary amides is 1. The van der Waals surface area contributed by atoms with Gasteiger partial charge in [-0.3, -0.25) is 19.2 Å². The maximum Gasteiger partial charge on any atom is 0.267 e. The first-order chi connectivity index (χ1) is 20.9. The lowest BCUT2D eigenvalue weighted by atomic mass is 9.76. The van der Waals surface area contributed by atoms with Gasteiger partial charge in [0.25, 0.3) is 17.7 Å². The molecule has 4 N–H and O–H groups in total. The molecular weight excluding hydrogens is 629 g/mol. The molecule has 11 nitrogen and oxygen atoms in total. The number of aromatic nitrogens is 1. The highest BCUT2D eigenvalue weighted by atomic mass is 35.5. The van der Waals surface area contributed by atoms with Crippen LogP contribution in [0.25, 0.3) is 0 Å². The lowest BCUT2D eigenvalue weighted by molar-refractivity contribution is -0.138. The predicted octanol–water partition coefficient (Wildman–Crippen LogP) is 3.88. The van der Waals surface area contributed by atoms with Crippen LogP contribution in [0.15, 0.2) is 60.7 Å². The van der Waals surface area contributed by atoms with Crippen LogP contribution in [0.3, 0.4) is 0 Å². The Balaban J connectivity index is 1.56. The Morgan fingerprint density at radius 3 is 2.52 bits per heavy atom. The number of hydrogen-bond donors (Lipinski definition) is 3. The summed E-state index contributed by atoms with van der Waals surface area (Å²) in [5.41, 5.74) is 9.47. The third-order valence-electron chi connectivity index (χ3n) is 7.84. The van der Waals surface area contributed by atoms with Crippen molar-refractivity contribution in [2.75, 3.05) is 6.26 Å². The van der Waals surface area contributed by atoms with E-state index in [0.29, 0.717) is 40.2 Å². The van der Waals surface area contributed by atoms with Gasteiger partial charge in [-0.2, -0.15) is 0 Å². The van der Waals surface area contributed by atoms with Crippen LogP contribution in [0, 0.1) is 0 Å². The summed E-state index contributed by atoms with van der Waals surface area (Å²) >= 11 is 13.0. The van der Waals surface area contributed by atoms with E-state index in [9.17, 15) is 22.8 Å². The fourth-order valence-corrected chi connectivity index (χ4v) is 7.42. The van der Waals surface area contributed by atoms with E-state index in [2.05, 4.69) is 15.2 Å². The topological polar surface area (TPSA) is 161 Å². The zero-order chi connectivity index (χ0) is 31.6. The molecule has 4 atom stereocenters. The Hall–Kier alpha value is -3.55. The van der Waals surface area contributed by atoms with Crippen LogP contribution in [0.4, 0.5) is 0 Å². The van der Waals surface area contributed by atoms with Crippen molar-refractivity contribution in [3.8, 4) is 0 Å². The van der Waals surface area contributed by atoms with E-state index in [-0.39, 0.29) is 23.2 Å². The summed E-state index contributed by atoms with van der Waals surface area (Å²) < 4.78 is 27.4. The van der Waals surface area contributed by atoms with Gasteiger partial charge in [-0.1, -0.05) is 66.4 Å². The Labute approximate surface area is 265 Å². The highest BCUT2D eigenvalue weighted by molar-refractivity contribution is 7.88. The average molecular weight is 661 g/mol. The normalized spacial score (nSPS) is 21.9. The molecule has 2 aromatic carbocycles. The second kappa shape index (κ2) is 13.2. The molecule has 2 aliphatic rings. The van der Waals surface area contributed by atoms with E-state index < -0.39 is 45.9 Å². The molecule has 0 radical (unpaired) electrons. The zero-order valence-corrected chi connectivity index (χ0v) is 26.0. The van der Waals surface area contributed by atoms with Crippen molar-refractivity contribution in [3.05, 3.63) is 98.8 Å². The van der Waals surface area contributed by atoms with Crippen molar-refractivity contribution < 1.29 is 27.6 Å². The van der Waals surface area contributed by atoms with Gasteiger partial charge in [-0.25, -0.2) is 23.6 Å². The molecule has 3 amide bonds. The lowest BCUT2D eigenvalue weighted by Crippen LogP contribution is -2.59. The smallest absolute Gasteiger partial charge is 0.267 e. The van der Waals surface area contributed by atoms with Crippen molar-refractivity contribution in [3.63, 3.8) is 0 Å². The first-order valence-electron chi connectivity index (χ1n) is 14.0. The van der Waals surface area contributed by atoms with Gasteiger partial charge in [0, 0.05) is 27.7 Å². The molecule has 1 fully saturated rings. The quantitative estimate of drug-likeness (QED) is 0.294. The molecule has 0 unspecified atom stereocenters. The molecule has 44 heavy (non-hydrogen) atoms. The van der Waals surface area contributed by atoms with Gasteiger partial charge in [0.1, 0.15) is 12.3 Å². The summed E-state index contributed by atoms with van der Waals surface area (Å²) in [6, 6.07) is 14.2. The average Bonchev–Trinajstić information content (AvgIpc) is 2.97. The van der Waals surface area contributed by atoms with E-state index in [4.69, 9.17) is 33.8 Å². The standard InChI is InChI=1S/C30H31Cl2N5O6S/c1-44(41,42)36-23-10-4-5-12-25(23)37-27(21-14-13-17(31)15-22(21)32)26(19-8-2-3-9-20(19)30(37)40)29(39)35-43-16-18-7-6-11-24(34-18)28(33)38/h2-3,6-9,11,13-15,23,25-27,36H,4-5,10,12,16H2,1H3,(H2,33,38)(H,35,39)/t23-,25-,26+,27-/m0/s1. The molecular formula is C30H31Cl2N5O6S. The number of benzene rings is 2. The second-order valence-corrected chi connectivity index (χ2v) is 13.5. The number of hydrogen-bond acceptors (Lipinski definition) is 7. The number of nitrogens with zero attached hydrogens (tertiary/aromatic N) is 2. The van der Waals surface area contributed by atoms with Crippen molar-refractivity contribution in [1.29, 1.82) is 0 Å². The molecule has 1 saturated carbocycles. The molecule has 14 heteroatoms. The van der Waals surface area contributed by atoms with Gasteiger partial charge >= 0.3 is 0 Å². The van der Waals surface area contributed by atoms with Crippen LogP contribution >= 0.6 is 23.2 Å². The molecule has 1 aliphatic carbocycles. The zero-order valence-electron chi connectivity index (χ0n) is 23.7. The summed E-state index contributed by atoms with van der Waals surface area (Å²) in [6.45, 7) is -0.167. The number of carbonyl (C=O) groups excluding carboxylic acids is 3. The number of amides is 3. The van der Waals surface area contributed by atoms with Crippen LogP contribution in [0.5, 0.6) is 0 Å². The molecule has 3 aromatic rings. The van der Waals surface area contributed by atoms with Gasteiger partial charge in [0.2, 0.25) is 10.0 Å². The third-order valence-corrected chi connectivity index (χ3v) is 9.14. The van der Waals surface area contributed by atoms with E-state index in [1.165, 1.54) is 12.1 Å². The number of pyridine rings is 1. The number of hydroxylamine groups is 1. The number of sulfonamides is 1. The molecule has 0 spiro atoms. The summed E-state index contributed by atoms with van der Waals surface area (Å²) in [7, 11) is -3.61. The summed E-state index contributed by atoms with van der Waals surface area (Å²) in [6.07, 6.45) is 3.64. The Kier molecular flexibility index (Phi) is 9.56. The highest BCUT2D eigenvalue weighted by Gasteiger charge is 2.49. The summed E-state index contributed by atoms with van der Waals surface area (Å²) in [5, 5.41) is 0.617. The van der Waals surface area contributed by atoms with Gasteiger partial charge < -0.3 is 10.6 Å². The molecule has 232 valence electrons. The molecule has 0 saturated heterocycles. The van der Waals surface area contributed by atoms with Gasteiger partial charge in [0.05, 0.1) is 23.9 Å². The van der Waals surface area contributed by atoms with Gasteiger partial charge in [0.15, 0.2) is 0 Å². The Morgan fingerprint density at radius 1 is 1.05 bits per heavy atom. The molecule has 1 aliphatic heterocycles. The number of nitrogens with one attached hydrogen (secondary N) is 2. The number of carbonyl (C=O) groups is 3. The third kappa shape index (κ3) is 6.89. The van der Waals surface area contributed by atoms with Gasteiger partial charge in [-0.05, 0) is 54.3 Å². The number of halogens is 2. The number of nitrogens with two attached hydrogens (primary N) is 1. The molecule has 1 aromatic heterocycles. The Morgan fingerprint density at radius 2 is 1.80 bits per heavy atom. The minimum Gasteiger partial charge on any atom is -0.364 e. The number of fused-ring (bicyclic) bond motifs is 1. The summed E-state index contributed by atoms with van der Waals surface area (Å²) in [5.74, 6) is -2.62. The van der Waals surface area contributed by atoms with Gasteiger partial charge in [-0.15, -0.1) is 0 Å². The highest BCUT2D eigenvalue weighted by Crippen LogP contribution is 2.47. The monoisotopic (exact) mass is 659 g/mol. The SMILES string of the molecule is CS(=O)(=O)N[C@H]1CCCC[C@@H]1N1C(=O)c2ccccc2[C@@H](C(=O)NOCc2cccc(C(N)=O)n2)[C@@H]1c1ccc(Cl)cc1Cl. The van der Waals surface area contributed by atoms with E-state index in [0.717, 1.165) is 19.1 Å². The van der Waals surface area contributed by atoms with Crippen LogP contribution in [0.1, 0.15) is 75.3 Å². The number of rotatable bonds is 9. The fraction of sp³-hybridized carbons (Fsp3) is 0.333.